The number of pyridine rings is 1. The Balaban J connectivity index is 1.36. The van der Waals surface area contributed by atoms with Crippen molar-refractivity contribution < 1.29 is 9.53 Å². The molecule has 1 unspecified atom stereocenters. The van der Waals surface area contributed by atoms with Crippen LogP contribution in [0.15, 0.2) is 54.9 Å². The molecule has 168 valence electrons. The average Bonchev–Trinajstić information content (AvgIpc) is 3.14. The van der Waals surface area contributed by atoms with Crippen molar-refractivity contribution in [1.82, 2.24) is 24.4 Å². The Kier molecular flexibility index (Phi) is 5.51. The van der Waals surface area contributed by atoms with Crippen LogP contribution in [0.1, 0.15) is 23.2 Å². The van der Waals surface area contributed by atoms with Crippen LogP contribution in [0.5, 0.6) is 0 Å². The number of carbonyl (C=O) groups excluding carboxylic acids is 1. The van der Waals surface area contributed by atoms with Crippen LogP contribution in [0.4, 0.5) is 5.95 Å². The van der Waals surface area contributed by atoms with Crippen molar-refractivity contribution in [2.45, 2.75) is 26.5 Å². The lowest BCUT2D eigenvalue weighted by Crippen LogP contribution is -2.44. The van der Waals surface area contributed by atoms with Gasteiger partial charge in [0.1, 0.15) is 12.6 Å². The molecule has 1 amide bonds. The van der Waals surface area contributed by atoms with E-state index < -0.39 is 0 Å². The molecule has 0 spiro atoms. The zero-order valence-corrected chi connectivity index (χ0v) is 18.7. The van der Waals surface area contributed by atoms with Crippen LogP contribution in [0.3, 0.4) is 0 Å². The van der Waals surface area contributed by atoms with Crippen molar-refractivity contribution in [3.8, 4) is 11.1 Å². The van der Waals surface area contributed by atoms with Gasteiger partial charge in [-0.05, 0) is 49.1 Å². The van der Waals surface area contributed by atoms with E-state index in [-0.39, 0.29) is 18.0 Å². The van der Waals surface area contributed by atoms with E-state index in [0.29, 0.717) is 26.2 Å². The molecule has 8 heteroatoms. The Morgan fingerprint density at radius 1 is 1.12 bits per heavy atom. The van der Waals surface area contributed by atoms with Crippen molar-refractivity contribution in [2.75, 3.05) is 25.4 Å². The third-order valence-corrected chi connectivity index (χ3v) is 6.04. The monoisotopic (exact) mass is 442 g/mol. The van der Waals surface area contributed by atoms with Gasteiger partial charge < -0.3 is 19.9 Å². The predicted molar refractivity (Wildman–Crippen MR) is 126 cm³/mol. The molecule has 3 aromatic heterocycles. The maximum absolute atomic E-state index is 13.2. The molecule has 0 bridgehead atoms. The lowest BCUT2D eigenvalue weighted by molar-refractivity contribution is -0.139. The van der Waals surface area contributed by atoms with Crippen LogP contribution in [0.2, 0.25) is 0 Å². The normalized spacial score (nSPS) is 16.3. The van der Waals surface area contributed by atoms with Crippen LogP contribution in [-0.2, 0) is 16.1 Å². The van der Waals surface area contributed by atoms with Gasteiger partial charge >= 0.3 is 0 Å². The van der Waals surface area contributed by atoms with Gasteiger partial charge in [0, 0.05) is 41.4 Å². The maximum Gasteiger partial charge on any atom is 0.242 e. The molecule has 33 heavy (non-hydrogen) atoms. The summed E-state index contributed by atoms with van der Waals surface area (Å²) in [5.41, 5.74) is 11.2. The first-order chi connectivity index (χ1) is 16.0. The minimum Gasteiger partial charge on any atom is -0.368 e. The van der Waals surface area contributed by atoms with Crippen molar-refractivity contribution in [3.05, 3.63) is 71.9 Å². The number of nitrogens with two attached hydrogens (primary N) is 1. The van der Waals surface area contributed by atoms with E-state index in [1.54, 1.807) is 12.4 Å². The van der Waals surface area contributed by atoms with Crippen molar-refractivity contribution in [1.29, 1.82) is 0 Å². The number of amides is 1. The molecule has 1 atom stereocenters. The van der Waals surface area contributed by atoms with Crippen LogP contribution < -0.4 is 5.73 Å². The highest BCUT2D eigenvalue weighted by Gasteiger charge is 2.27. The molecule has 4 heterocycles. The number of aromatic nitrogens is 4. The molecule has 4 aromatic rings. The van der Waals surface area contributed by atoms with Crippen LogP contribution in [0.25, 0.3) is 22.0 Å². The van der Waals surface area contributed by atoms with Crippen molar-refractivity contribution in [2.24, 2.45) is 0 Å². The van der Waals surface area contributed by atoms with Crippen LogP contribution >= 0.6 is 0 Å². The number of nitrogens with zero attached hydrogens (tertiary/aromatic N) is 5. The third-order valence-electron chi connectivity index (χ3n) is 6.04. The van der Waals surface area contributed by atoms with Crippen LogP contribution in [0, 0.1) is 13.8 Å². The second-order valence-electron chi connectivity index (χ2n) is 8.38. The molecular formula is C25H26N6O2. The summed E-state index contributed by atoms with van der Waals surface area (Å²) >= 11 is 0. The van der Waals surface area contributed by atoms with E-state index in [9.17, 15) is 4.79 Å². The summed E-state index contributed by atoms with van der Waals surface area (Å²) in [6.45, 7) is 5.79. The molecule has 1 aromatic carbocycles. The molecule has 0 radical (unpaired) electrons. The summed E-state index contributed by atoms with van der Waals surface area (Å²) in [7, 11) is 0. The Morgan fingerprint density at radius 3 is 2.73 bits per heavy atom. The molecular weight excluding hydrogens is 416 g/mol. The summed E-state index contributed by atoms with van der Waals surface area (Å²) < 4.78 is 8.10. The van der Waals surface area contributed by atoms with Gasteiger partial charge in [-0.15, -0.1) is 0 Å². The number of rotatable bonds is 4. The maximum atomic E-state index is 13.2. The first-order valence-corrected chi connectivity index (χ1v) is 11.0. The lowest BCUT2D eigenvalue weighted by Gasteiger charge is -2.33. The molecule has 1 fully saturated rings. The summed E-state index contributed by atoms with van der Waals surface area (Å²) in [4.78, 5) is 28.0. The number of aryl methyl sites for hydroxylation is 2. The van der Waals surface area contributed by atoms with E-state index in [4.69, 9.17) is 15.5 Å². The summed E-state index contributed by atoms with van der Waals surface area (Å²) in [5, 5.41) is 1.14. The molecule has 5 rings (SSSR count). The molecule has 1 aliphatic heterocycles. The molecule has 1 saturated heterocycles. The molecule has 2 N–H and O–H groups in total. The number of ether oxygens (including phenoxy) is 1. The number of morpholine rings is 1. The zero-order valence-electron chi connectivity index (χ0n) is 18.7. The Bertz CT molecular complexity index is 1310. The number of para-hydroxylation sites is 1. The van der Waals surface area contributed by atoms with E-state index >= 15 is 0 Å². The van der Waals surface area contributed by atoms with Gasteiger partial charge in [0.25, 0.3) is 0 Å². The summed E-state index contributed by atoms with van der Waals surface area (Å²) in [6.07, 6.45) is 3.10. The highest BCUT2D eigenvalue weighted by Crippen LogP contribution is 2.27. The molecule has 0 saturated carbocycles. The number of hydrogen-bond donors (Lipinski definition) is 1. The van der Waals surface area contributed by atoms with E-state index in [1.165, 1.54) is 0 Å². The predicted octanol–water partition coefficient (Wildman–Crippen LogP) is 3.29. The van der Waals surface area contributed by atoms with Gasteiger partial charge in [-0.1, -0.05) is 18.2 Å². The van der Waals surface area contributed by atoms with Gasteiger partial charge in [0.15, 0.2) is 0 Å². The quantitative estimate of drug-likeness (QED) is 0.521. The number of fused-ring (bicyclic) bond motifs is 1. The fraction of sp³-hybridized carbons (Fsp3) is 0.280. The molecule has 0 aliphatic carbocycles. The lowest BCUT2D eigenvalue weighted by atomic mass is 10.1. The van der Waals surface area contributed by atoms with Crippen molar-refractivity contribution in [3.63, 3.8) is 0 Å². The molecule has 8 nitrogen and oxygen atoms in total. The van der Waals surface area contributed by atoms with Gasteiger partial charge in [-0.3, -0.25) is 9.78 Å². The Hall–Kier alpha value is -3.78. The smallest absolute Gasteiger partial charge is 0.242 e. The van der Waals surface area contributed by atoms with Crippen molar-refractivity contribution >= 4 is 22.8 Å². The minimum absolute atomic E-state index is 0.0764. The summed E-state index contributed by atoms with van der Waals surface area (Å²) in [6, 6.07) is 14.2. The number of benzene rings is 1. The van der Waals surface area contributed by atoms with Crippen LogP contribution in [-0.4, -0.2) is 50.0 Å². The largest absolute Gasteiger partial charge is 0.368 e. The number of nitrogen functional groups attached to an aromatic ring is 1. The highest BCUT2D eigenvalue weighted by atomic mass is 16.5. The third kappa shape index (κ3) is 4.29. The minimum atomic E-state index is -0.293. The van der Waals surface area contributed by atoms with Gasteiger partial charge in [0.2, 0.25) is 11.9 Å². The topological polar surface area (TPSA) is 99.2 Å². The number of anilines is 1. The average molecular weight is 443 g/mol. The Morgan fingerprint density at radius 2 is 1.91 bits per heavy atom. The second kappa shape index (κ2) is 8.63. The standard InChI is InChI=1S/C25H26N6O2/c1-16-9-19(20-12-27-25(26)28-13-20)11-21(29-16)23-14-30(7-8-33-23)24(32)15-31-17(2)10-18-5-3-4-6-22(18)31/h3-6,9-13,23H,7-8,14-15H2,1-2H3,(H2,26,27,28). The van der Waals surface area contributed by atoms with Gasteiger partial charge in [-0.25, -0.2) is 9.97 Å². The second-order valence-corrected chi connectivity index (χ2v) is 8.38. The fourth-order valence-electron chi connectivity index (χ4n) is 4.36. The fourth-order valence-corrected chi connectivity index (χ4v) is 4.36. The summed E-state index contributed by atoms with van der Waals surface area (Å²) in [5.74, 6) is 0.313. The van der Waals surface area contributed by atoms with Gasteiger partial charge in [0.05, 0.1) is 18.8 Å². The number of carbonyl (C=O) groups is 1. The zero-order chi connectivity index (χ0) is 22.9. The first-order valence-electron chi connectivity index (χ1n) is 11.0. The molecule has 1 aliphatic rings. The Labute approximate surface area is 192 Å². The highest BCUT2D eigenvalue weighted by molar-refractivity contribution is 5.84. The van der Waals surface area contributed by atoms with E-state index in [1.807, 2.05) is 43.0 Å². The first kappa shape index (κ1) is 21.1. The number of hydrogen-bond acceptors (Lipinski definition) is 6. The van der Waals surface area contributed by atoms with E-state index in [2.05, 4.69) is 32.7 Å². The van der Waals surface area contributed by atoms with E-state index in [0.717, 1.165) is 39.1 Å². The SMILES string of the molecule is Cc1cc(-c2cnc(N)nc2)cc(C2CN(C(=O)Cn3c(C)cc4ccccc43)CCO2)n1. The van der Waals surface area contributed by atoms with Gasteiger partial charge in [-0.2, -0.15) is 0 Å².